The number of benzene rings is 2. The van der Waals surface area contributed by atoms with Crippen LogP contribution in [0.5, 0.6) is 0 Å². The zero-order valence-corrected chi connectivity index (χ0v) is 15.0. The fourth-order valence-corrected chi connectivity index (χ4v) is 3.55. The Morgan fingerprint density at radius 3 is 1.46 bits per heavy atom. The number of carbonyl (C=O) groups excluding carboxylic acids is 2. The van der Waals surface area contributed by atoms with Crippen LogP contribution in [0.1, 0.15) is 36.8 Å². The lowest BCUT2D eigenvalue weighted by atomic mass is 9.89. The molecule has 0 saturated heterocycles. The van der Waals surface area contributed by atoms with Crippen LogP contribution in [0.15, 0.2) is 60.7 Å². The number of rotatable bonds is 6. The lowest BCUT2D eigenvalue weighted by molar-refractivity contribution is -0.124. The lowest BCUT2D eigenvalue weighted by Gasteiger charge is -2.33. The molecule has 2 aromatic rings. The summed E-state index contributed by atoms with van der Waals surface area (Å²) in [5.41, 5.74) is 2.01. The van der Waals surface area contributed by atoms with Crippen molar-refractivity contribution in [3.63, 3.8) is 0 Å². The number of hydrogen-bond acceptors (Lipinski definition) is 2. The van der Waals surface area contributed by atoms with E-state index in [2.05, 4.69) is 10.6 Å². The Kier molecular flexibility index (Phi) is 6.42. The molecule has 0 radical (unpaired) electrons. The first kappa shape index (κ1) is 18.2. The maximum atomic E-state index is 12.4. The van der Waals surface area contributed by atoms with Gasteiger partial charge in [0.15, 0.2) is 0 Å². The van der Waals surface area contributed by atoms with Gasteiger partial charge in [-0.1, -0.05) is 73.5 Å². The standard InChI is InChI=1S/C22H26N2O2/c25-21(15-17-9-3-1-4-10-17)23-19-13-7-8-14-20(19)24-22(26)16-18-11-5-2-6-12-18/h1-6,9-12,19-20H,7-8,13-16H2,(H,23,25)(H,24,26)/t19-,20+. The van der Waals surface area contributed by atoms with Gasteiger partial charge in [0.05, 0.1) is 12.8 Å². The molecule has 1 aliphatic carbocycles. The first-order chi connectivity index (χ1) is 12.7. The van der Waals surface area contributed by atoms with Gasteiger partial charge in [-0.25, -0.2) is 0 Å². The Hall–Kier alpha value is -2.62. The molecule has 1 fully saturated rings. The van der Waals surface area contributed by atoms with Crippen LogP contribution in [0.25, 0.3) is 0 Å². The summed E-state index contributed by atoms with van der Waals surface area (Å²) in [5.74, 6) is 0.0378. The average Bonchev–Trinajstić information content (AvgIpc) is 2.65. The molecule has 2 amide bonds. The average molecular weight is 350 g/mol. The summed E-state index contributed by atoms with van der Waals surface area (Å²) in [6.07, 6.45) is 4.75. The van der Waals surface area contributed by atoms with Crippen LogP contribution in [0.3, 0.4) is 0 Å². The highest BCUT2D eigenvalue weighted by molar-refractivity contribution is 5.80. The monoisotopic (exact) mass is 350 g/mol. The molecule has 2 atom stereocenters. The van der Waals surface area contributed by atoms with Crippen molar-refractivity contribution in [1.82, 2.24) is 10.6 Å². The van der Waals surface area contributed by atoms with Gasteiger partial charge in [-0.3, -0.25) is 9.59 Å². The normalized spacial score (nSPS) is 19.5. The van der Waals surface area contributed by atoms with Crippen molar-refractivity contribution in [3.8, 4) is 0 Å². The molecule has 1 saturated carbocycles. The molecular formula is C22H26N2O2. The van der Waals surface area contributed by atoms with E-state index in [1.807, 2.05) is 60.7 Å². The minimum absolute atomic E-state index is 0.0136. The minimum atomic E-state index is 0.0136. The molecular weight excluding hydrogens is 324 g/mol. The van der Waals surface area contributed by atoms with Gasteiger partial charge >= 0.3 is 0 Å². The largest absolute Gasteiger partial charge is 0.351 e. The smallest absolute Gasteiger partial charge is 0.224 e. The maximum Gasteiger partial charge on any atom is 0.224 e. The number of amides is 2. The molecule has 0 bridgehead atoms. The van der Waals surface area contributed by atoms with Crippen LogP contribution in [0.4, 0.5) is 0 Å². The number of nitrogens with one attached hydrogen (secondary N) is 2. The predicted molar refractivity (Wildman–Crippen MR) is 103 cm³/mol. The molecule has 0 unspecified atom stereocenters. The van der Waals surface area contributed by atoms with Crippen molar-refractivity contribution in [3.05, 3.63) is 71.8 Å². The van der Waals surface area contributed by atoms with Gasteiger partial charge in [0.1, 0.15) is 0 Å². The summed E-state index contributed by atoms with van der Waals surface area (Å²) in [6.45, 7) is 0. The van der Waals surface area contributed by atoms with Gasteiger partial charge in [-0.15, -0.1) is 0 Å². The van der Waals surface area contributed by atoms with E-state index in [4.69, 9.17) is 0 Å². The van der Waals surface area contributed by atoms with Crippen molar-refractivity contribution in [2.75, 3.05) is 0 Å². The minimum Gasteiger partial charge on any atom is -0.351 e. The van der Waals surface area contributed by atoms with Gasteiger partial charge in [0.2, 0.25) is 11.8 Å². The van der Waals surface area contributed by atoms with Crippen molar-refractivity contribution in [2.24, 2.45) is 0 Å². The Morgan fingerprint density at radius 1 is 0.692 bits per heavy atom. The Balaban J connectivity index is 1.53. The highest BCUT2D eigenvalue weighted by atomic mass is 16.2. The number of carbonyl (C=O) groups is 2. The molecule has 2 N–H and O–H groups in total. The molecule has 26 heavy (non-hydrogen) atoms. The molecule has 4 heteroatoms. The van der Waals surface area contributed by atoms with Crippen molar-refractivity contribution >= 4 is 11.8 Å². The van der Waals surface area contributed by atoms with E-state index in [0.29, 0.717) is 12.8 Å². The number of hydrogen-bond donors (Lipinski definition) is 2. The highest BCUT2D eigenvalue weighted by Gasteiger charge is 2.27. The molecule has 2 aromatic carbocycles. The lowest BCUT2D eigenvalue weighted by Crippen LogP contribution is -2.53. The molecule has 0 spiro atoms. The van der Waals surface area contributed by atoms with Crippen LogP contribution >= 0.6 is 0 Å². The highest BCUT2D eigenvalue weighted by Crippen LogP contribution is 2.19. The van der Waals surface area contributed by atoms with Gasteiger partial charge in [-0.05, 0) is 24.0 Å². The van der Waals surface area contributed by atoms with Crippen LogP contribution in [0, 0.1) is 0 Å². The van der Waals surface area contributed by atoms with E-state index in [0.717, 1.165) is 36.8 Å². The van der Waals surface area contributed by atoms with E-state index in [1.165, 1.54) is 0 Å². The molecule has 1 aliphatic rings. The molecule has 0 aliphatic heterocycles. The quantitative estimate of drug-likeness (QED) is 0.841. The molecule has 0 heterocycles. The van der Waals surface area contributed by atoms with E-state index < -0.39 is 0 Å². The fraction of sp³-hybridized carbons (Fsp3) is 0.364. The predicted octanol–water partition coefficient (Wildman–Crippen LogP) is 3.02. The summed E-state index contributed by atoms with van der Waals surface area (Å²) in [5, 5.41) is 6.27. The van der Waals surface area contributed by atoms with E-state index >= 15 is 0 Å². The third kappa shape index (κ3) is 5.45. The van der Waals surface area contributed by atoms with Crippen LogP contribution in [0.2, 0.25) is 0 Å². The third-order valence-corrected chi connectivity index (χ3v) is 4.87. The molecule has 4 nitrogen and oxygen atoms in total. The first-order valence-corrected chi connectivity index (χ1v) is 9.37. The SMILES string of the molecule is O=C(Cc1ccccc1)N[C@H]1CCCC[C@H]1NC(=O)Cc1ccccc1. The third-order valence-electron chi connectivity index (χ3n) is 4.87. The Bertz CT molecular complexity index is 652. The topological polar surface area (TPSA) is 58.2 Å². The zero-order valence-electron chi connectivity index (χ0n) is 15.0. The van der Waals surface area contributed by atoms with Crippen LogP contribution in [-0.2, 0) is 22.4 Å². The van der Waals surface area contributed by atoms with E-state index in [1.54, 1.807) is 0 Å². The fourth-order valence-electron chi connectivity index (χ4n) is 3.55. The van der Waals surface area contributed by atoms with Crippen molar-refractivity contribution in [1.29, 1.82) is 0 Å². The summed E-state index contributed by atoms with van der Waals surface area (Å²) in [4.78, 5) is 24.8. The van der Waals surface area contributed by atoms with E-state index in [-0.39, 0.29) is 23.9 Å². The zero-order chi connectivity index (χ0) is 18.2. The summed E-state index contributed by atoms with van der Waals surface area (Å²) < 4.78 is 0. The van der Waals surface area contributed by atoms with Crippen molar-refractivity contribution < 1.29 is 9.59 Å². The second kappa shape index (κ2) is 9.18. The summed E-state index contributed by atoms with van der Waals surface area (Å²) in [7, 11) is 0. The molecule has 3 rings (SSSR count). The second-order valence-electron chi connectivity index (χ2n) is 6.96. The Labute approximate surface area is 155 Å². The van der Waals surface area contributed by atoms with Crippen LogP contribution < -0.4 is 10.6 Å². The first-order valence-electron chi connectivity index (χ1n) is 9.37. The Morgan fingerprint density at radius 2 is 1.08 bits per heavy atom. The summed E-state index contributed by atoms with van der Waals surface area (Å²) in [6, 6.07) is 19.5. The molecule has 0 aromatic heterocycles. The maximum absolute atomic E-state index is 12.4. The van der Waals surface area contributed by atoms with Gasteiger partial charge < -0.3 is 10.6 Å². The molecule has 136 valence electrons. The van der Waals surface area contributed by atoms with Crippen molar-refractivity contribution in [2.45, 2.75) is 50.6 Å². The van der Waals surface area contributed by atoms with Gasteiger partial charge in [-0.2, -0.15) is 0 Å². The van der Waals surface area contributed by atoms with Gasteiger partial charge in [0.25, 0.3) is 0 Å². The summed E-state index contributed by atoms with van der Waals surface area (Å²) >= 11 is 0. The second-order valence-corrected chi connectivity index (χ2v) is 6.96. The van der Waals surface area contributed by atoms with Gasteiger partial charge in [0, 0.05) is 12.1 Å². The van der Waals surface area contributed by atoms with Crippen LogP contribution in [-0.4, -0.2) is 23.9 Å². The van der Waals surface area contributed by atoms with E-state index in [9.17, 15) is 9.59 Å².